The maximum absolute atomic E-state index is 14.2. The average molecular weight is 425 g/mol. The molecule has 0 bridgehead atoms. The quantitative estimate of drug-likeness (QED) is 0.351. The summed E-state index contributed by atoms with van der Waals surface area (Å²) in [7, 11) is 3.65. The molecule has 0 saturated carbocycles. The van der Waals surface area contributed by atoms with Crippen LogP contribution in [-0.4, -0.2) is 17.5 Å². The summed E-state index contributed by atoms with van der Waals surface area (Å²) in [6, 6.07) is 27.1. The minimum absolute atomic E-state index is 0.0408. The summed E-state index contributed by atoms with van der Waals surface area (Å²) >= 11 is 0. The minimum Gasteiger partial charge on any atom is -0.497 e. The van der Waals surface area contributed by atoms with Crippen molar-refractivity contribution in [1.29, 1.82) is 0 Å². The van der Waals surface area contributed by atoms with Crippen LogP contribution in [0, 0.1) is 13.8 Å². The first-order chi connectivity index (χ1) is 15.5. The van der Waals surface area contributed by atoms with E-state index >= 15 is 0 Å². The van der Waals surface area contributed by atoms with Crippen molar-refractivity contribution in [2.24, 2.45) is 7.05 Å². The zero-order chi connectivity index (χ0) is 22.7. The summed E-state index contributed by atoms with van der Waals surface area (Å²) in [5.41, 5.74) is 6.57. The molecule has 0 aliphatic heterocycles. The van der Waals surface area contributed by atoms with Crippen molar-refractivity contribution in [1.82, 2.24) is 4.57 Å². The lowest BCUT2D eigenvalue weighted by atomic mass is 9.91. The summed E-state index contributed by atoms with van der Waals surface area (Å²) in [5.74, 6) is 0.782. The van der Waals surface area contributed by atoms with Gasteiger partial charge < -0.3 is 14.6 Å². The van der Waals surface area contributed by atoms with Gasteiger partial charge in [0.25, 0.3) is 0 Å². The zero-order valence-corrected chi connectivity index (χ0v) is 18.9. The van der Waals surface area contributed by atoms with Gasteiger partial charge in [0, 0.05) is 41.3 Å². The predicted molar refractivity (Wildman–Crippen MR) is 130 cm³/mol. The summed E-state index contributed by atoms with van der Waals surface area (Å²) in [5, 5.41) is 3.46. The van der Waals surface area contributed by atoms with Gasteiger partial charge in [-0.05, 0) is 37.1 Å². The van der Waals surface area contributed by atoms with E-state index in [9.17, 15) is 4.79 Å². The van der Waals surface area contributed by atoms with Crippen LogP contribution in [0.3, 0.4) is 0 Å². The van der Waals surface area contributed by atoms with E-state index in [1.165, 1.54) is 0 Å². The average Bonchev–Trinajstić information content (AvgIpc) is 3.07. The molecule has 1 N–H and O–H groups in total. The molecule has 4 nitrogen and oxygen atoms in total. The molecule has 0 fully saturated rings. The first-order valence-electron chi connectivity index (χ1n) is 10.7. The Morgan fingerprint density at radius 3 is 2.19 bits per heavy atom. The van der Waals surface area contributed by atoms with Crippen molar-refractivity contribution >= 4 is 11.5 Å². The third-order valence-electron chi connectivity index (χ3n) is 6.06. The number of anilines is 1. The number of rotatable bonds is 7. The van der Waals surface area contributed by atoms with Crippen molar-refractivity contribution in [2.75, 3.05) is 12.4 Å². The number of ether oxygens (including phenoxy) is 1. The largest absolute Gasteiger partial charge is 0.497 e. The minimum atomic E-state index is -0.536. The highest BCUT2D eigenvalue weighted by Crippen LogP contribution is 2.36. The van der Waals surface area contributed by atoms with Gasteiger partial charge in [0.2, 0.25) is 0 Å². The molecule has 1 heterocycles. The Morgan fingerprint density at radius 1 is 0.875 bits per heavy atom. The van der Waals surface area contributed by atoms with E-state index in [1.807, 2.05) is 86.8 Å². The molecule has 1 atom stereocenters. The molecule has 162 valence electrons. The molecule has 4 heteroatoms. The second-order valence-electron chi connectivity index (χ2n) is 7.93. The van der Waals surface area contributed by atoms with Gasteiger partial charge in [-0.3, -0.25) is 4.79 Å². The normalized spacial score (nSPS) is 11.8. The number of nitrogens with one attached hydrogen (secondary N) is 1. The third-order valence-corrected chi connectivity index (χ3v) is 6.06. The number of carbonyl (C=O) groups is 1. The van der Waals surface area contributed by atoms with Crippen LogP contribution in [0.1, 0.15) is 33.4 Å². The van der Waals surface area contributed by atoms with Crippen molar-refractivity contribution in [3.05, 3.63) is 107 Å². The van der Waals surface area contributed by atoms with Gasteiger partial charge in [-0.1, -0.05) is 66.7 Å². The molecule has 0 radical (unpaired) electrons. The molecule has 0 aliphatic carbocycles. The molecule has 3 aromatic carbocycles. The van der Waals surface area contributed by atoms with Gasteiger partial charge in [-0.2, -0.15) is 0 Å². The highest BCUT2D eigenvalue weighted by Gasteiger charge is 2.29. The molecule has 4 rings (SSSR count). The van der Waals surface area contributed by atoms with Gasteiger partial charge in [-0.25, -0.2) is 0 Å². The number of aromatic nitrogens is 1. The van der Waals surface area contributed by atoms with Crippen LogP contribution in [0.25, 0.3) is 11.1 Å². The van der Waals surface area contributed by atoms with E-state index in [1.54, 1.807) is 7.11 Å². The standard InChI is InChI=1S/C28H28N2O2/c1-19-25(21-12-7-5-8-13-21)26(20(2)30(19)3)28(31)27(22-14-9-6-10-15-22)29-23-16-11-17-24(18-23)32-4/h5-18,27,29H,1-4H3. The zero-order valence-electron chi connectivity index (χ0n) is 18.9. The van der Waals surface area contributed by atoms with Crippen LogP contribution < -0.4 is 10.1 Å². The van der Waals surface area contributed by atoms with Gasteiger partial charge in [-0.15, -0.1) is 0 Å². The fraction of sp³-hybridized carbons (Fsp3) is 0.179. The van der Waals surface area contributed by atoms with Gasteiger partial charge in [0.1, 0.15) is 11.8 Å². The van der Waals surface area contributed by atoms with Crippen LogP contribution in [-0.2, 0) is 7.05 Å². The number of hydrogen-bond acceptors (Lipinski definition) is 3. The van der Waals surface area contributed by atoms with E-state index in [0.717, 1.165) is 45.1 Å². The number of nitrogens with zero attached hydrogens (tertiary/aromatic N) is 1. The van der Waals surface area contributed by atoms with Crippen molar-refractivity contribution in [3.8, 4) is 16.9 Å². The van der Waals surface area contributed by atoms with E-state index < -0.39 is 6.04 Å². The summed E-state index contributed by atoms with van der Waals surface area (Å²) < 4.78 is 7.47. The Hall–Kier alpha value is -3.79. The first-order valence-corrected chi connectivity index (χ1v) is 10.7. The van der Waals surface area contributed by atoms with Crippen LogP contribution in [0.15, 0.2) is 84.9 Å². The smallest absolute Gasteiger partial charge is 0.192 e. The lowest BCUT2D eigenvalue weighted by Crippen LogP contribution is -2.22. The maximum Gasteiger partial charge on any atom is 0.192 e. The van der Waals surface area contributed by atoms with Crippen LogP contribution in [0.5, 0.6) is 5.75 Å². The monoisotopic (exact) mass is 424 g/mol. The Kier molecular flexibility index (Phi) is 6.13. The second kappa shape index (κ2) is 9.15. The number of Topliss-reactive ketones (excluding diaryl/α,β-unsaturated/α-hetero) is 1. The fourth-order valence-corrected chi connectivity index (χ4v) is 4.18. The lowest BCUT2D eigenvalue weighted by Gasteiger charge is -2.21. The van der Waals surface area contributed by atoms with Gasteiger partial charge in [0.05, 0.1) is 7.11 Å². The second-order valence-corrected chi connectivity index (χ2v) is 7.93. The molecule has 0 saturated heterocycles. The molecule has 0 spiro atoms. The van der Waals surface area contributed by atoms with Crippen LogP contribution in [0.2, 0.25) is 0 Å². The van der Waals surface area contributed by atoms with Crippen LogP contribution in [0.4, 0.5) is 5.69 Å². The Labute approximate surface area is 189 Å². The van der Waals surface area contributed by atoms with E-state index in [-0.39, 0.29) is 5.78 Å². The summed E-state index contributed by atoms with van der Waals surface area (Å²) in [6.45, 7) is 4.08. The van der Waals surface area contributed by atoms with Gasteiger partial charge in [0.15, 0.2) is 5.78 Å². The highest BCUT2D eigenvalue weighted by molar-refractivity contribution is 6.08. The SMILES string of the molecule is COc1cccc(NC(C(=O)c2c(-c3ccccc3)c(C)n(C)c2C)c2ccccc2)c1. The molecular formula is C28H28N2O2. The Bertz CT molecular complexity index is 1230. The number of methoxy groups -OCH3 is 1. The molecule has 4 aromatic rings. The van der Waals surface area contributed by atoms with Gasteiger partial charge >= 0.3 is 0 Å². The fourth-order valence-electron chi connectivity index (χ4n) is 4.18. The van der Waals surface area contributed by atoms with E-state index in [2.05, 4.69) is 28.9 Å². The first kappa shape index (κ1) is 21.4. The molecule has 1 aromatic heterocycles. The molecular weight excluding hydrogens is 396 g/mol. The number of carbonyl (C=O) groups excluding carboxylic acids is 1. The van der Waals surface area contributed by atoms with E-state index in [4.69, 9.17) is 4.74 Å². The topological polar surface area (TPSA) is 43.3 Å². The highest BCUT2D eigenvalue weighted by atomic mass is 16.5. The molecule has 0 aliphatic rings. The predicted octanol–water partition coefficient (Wildman–Crippen LogP) is 6.35. The summed E-state index contributed by atoms with van der Waals surface area (Å²) in [4.78, 5) is 14.2. The number of ketones is 1. The Balaban J connectivity index is 1.84. The van der Waals surface area contributed by atoms with Crippen molar-refractivity contribution < 1.29 is 9.53 Å². The van der Waals surface area contributed by atoms with E-state index in [0.29, 0.717) is 0 Å². The number of benzene rings is 3. The van der Waals surface area contributed by atoms with Crippen molar-refractivity contribution in [3.63, 3.8) is 0 Å². The number of hydrogen-bond donors (Lipinski definition) is 1. The Morgan fingerprint density at radius 2 is 1.53 bits per heavy atom. The maximum atomic E-state index is 14.2. The molecule has 0 amide bonds. The van der Waals surface area contributed by atoms with Crippen LogP contribution >= 0.6 is 0 Å². The lowest BCUT2D eigenvalue weighted by molar-refractivity contribution is 0.0969. The summed E-state index contributed by atoms with van der Waals surface area (Å²) in [6.07, 6.45) is 0. The van der Waals surface area contributed by atoms with Crippen molar-refractivity contribution in [2.45, 2.75) is 19.9 Å². The third kappa shape index (κ3) is 4.04. The molecule has 1 unspecified atom stereocenters. The molecule has 32 heavy (non-hydrogen) atoms.